The third-order valence-electron chi connectivity index (χ3n) is 4.99. The van der Waals surface area contributed by atoms with Crippen molar-refractivity contribution in [2.45, 2.75) is 24.7 Å². The van der Waals surface area contributed by atoms with Crippen LogP contribution in [0.15, 0.2) is 47.4 Å². The molecule has 1 fully saturated rings. The molecule has 0 spiro atoms. The van der Waals surface area contributed by atoms with Gasteiger partial charge in [-0.05, 0) is 61.2 Å². The maximum atomic E-state index is 12.8. The number of nitrogens with zero attached hydrogens (tertiary/aromatic N) is 1. The van der Waals surface area contributed by atoms with Crippen LogP contribution in [0.5, 0.6) is 0 Å². The highest BCUT2D eigenvalue weighted by Gasteiger charge is 2.28. The number of carbonyl (C=O) groups is 2. The van der Waals surface area contributed by atoms with Gasteiger partial charge in [-0.2, -0.15) is 4.31 Å². The number of carbonyl (C=O) groups excluding carboxylic acids is 2. The van der Waals surface area contributed by atoms with Gasteiger partial charge in [-0.3, -0.25) is 9.59 Å². The quantitative estimate of drug-likeness (QED) is 0.653. The van der Waals surface area contributed by atoms with Gasteiger partial charge < -0.3 is 10.6 Å². The fourth-order valence-corrected chi connectivity index (χ4v) is 5.28. The molecular formula is C21H23Cl2N3O4S. The monoisotopic (exact) mass is 483 g/mol. The lowest BCUT2D eigenvalue weighted by Crippen LogP contribution is -2.39. The van der Waals surface area contributed by atoms with Crippen molar-refractivity contribution in [1.82, 2.24) is 9.62 Å². The lowest BCUT2D eigenvalue weighted by atomic mass is 10.0. The summed E-state index contributed by atoms with van der Waals surface area (Å²) in [6.07, 6.45) is 1.85. The van der Waals surface area contributed by atoms with E-state index in [9.17, 15) is 18.0 Å². The minimum atomic E-state index is -3.59. The Bertz CT molecular complexity index is 1070. The first-order chi connectivity index (χ1) is 14.7. The number of rotatable bonds is 6. The van der Waals surface area contributed by atoms with E-state index in [1.807, 2.05) is 6.92 Å². The molecule has 0 aromatic heterocycles. The molecule has 7 nitrogen and oxygen atoms in total. The van der Waals surface area contributed by atoms with E-state index in [1.165, 1.54) is 34.6 Å². The van der Waals surface area contributed by atoms with Crippen LogP contribution in [0.3, 0.4) is 0 Å². The van der Waals surface area contributed by atoms with Crippen molar-refractivity contribution in [2.24, 2.45) is 5.92 Å². The predicted octanol–water partition coefficient (Wildman–Crippen LogP) is 3.78. The number of halogens is 2. The number of sulfonamides is 1. The van der Waals surface area contributed by atoms with Gasteiger partial charge in [-0.1, -0.05) is 30.1 Å². The molecule has 2 amide bonds. The zero-order chi connectivity index (χ0) is 22.6. The Morgan fingerprint density at radius 3 is 2.52 bits per heavy atom. The summed E-state index contributed by atoms with van der Waals surface area (Å²) in [5, 5.41) is 5.80. The van der Waals surface area contributed by atoms with Crippen molar-refractivity contribution < 1.29 is 18.0 Å². The van der Waals surface area contributed by atoms with Gasteiger partial charge >= 0.3 is 0 Å². The summed E-state index contributed by atoms with van der Waals surface area (Å²) < 4.78 is 27.1. The summed E-state index contributed by atoms with van der Waals surface area (Å²) in [5.41, 5.74) is 0.592. The van der Waals surface area contributed by atoms with Crippen LogP contribution in [0, 0.1) is 5.92 Å². The molecule has 2 aromatic rings. The molecule has 10 heteroatoms. The van der Waals surface area contributed by atoms with Gasteiger partial charge in [0.15, 0.2) is 0 Å². The Balaban J connectivity index is 1.59. The SMILES string of the molecule is C[C@@H]1CCCN(S(=O)(=O)c2ccc(C(=O)NCC(=O)Nc3cc(Cl)ccc3Cl)cc2)C1. The first kappa shape index (κ1) is 23.5. The largest absolute Gasteiger partial charge is 0.343 e. The molecular weight excluding hydrogens is 461 g/mol. The molecule has 0 bridgehead atoms. The Kier molecular flexibility index (Phi) is 7.59. The van der Waals surface area contributed by atoms with Gasteiger partial charge in [0.2, 0.25) is 15.9 Å². The van der Waals surface area contributed by atoms with Crippen molar-refractivity contribution in [2.75, 3.05) is 25.0 Å². The molecule has 31 heavy (non-hydrogen) atoms. The van der Waals surface area contributed by atoms with Crippen LogP contribution in [0.1, 0.15) is 30.1 Å². The maximum Gasteiger partial charge on any atom is 0.251 e. The van der Waals surface area contributed by atoms with E-state index in [-0.39, 0.29) is 17.0 Å². The van der Waals surface area contributed by atoms with Crippen molar-refractivity contribution in [1.29, 1.82) is 0 Å². The molecule has 0 radical (unpaired) electrons. The number of benzene rings is 2. The third-order valence-corrected chi connectivity index (χ3v) is 7.43. The van der Waals surface area contributed by atoms with E-state index in [0.717, 1.165) is 12.8 Å². The van der Waals surface area contributed by atoms with Gasteiger partial charge in [0.25, 0.3) is 5.91 Å². The molecule has 1 atom stereocenters. The van der Waals surface area contributed by atoms with E-state index in [0.29, 0.717) is 34.7 Å². The summed E-state index contributed by atoms with van der Waals surface area (Å²) in [6, 6.07) is 10.3. The molecule has 0 saturated carbocycles. The van der Waals surface area contributed by atoms with Crippen LogP contribution in [-0.2, 0) is 14.8 Å². The first-order valence-electron chi connectivity index (χ1n) is 9.80. The highest BCUT2D eigenvalue weighted by molar-refractivity contribution is 7.89. The van der Waals surface area contributed by atoms with Crippen molar-refractivity contribution in [3.63, 3.8) is 0 Å². The second-order valence-electron chi connectivity index (χ2n) is 7.49. The number of hydrogen-bond donors (Lipinski definition) is 2. The molecule has 2 aromatic carbocycles. The van der Waals surface area contributed by atoms with Gasteiger partial charge in [0.1, 0.15) is 0 Å². The lowest BCUT2D eigenvalue weighted by Gasteiger charge is -2.30. The zero-order valence-electron chi connectivity index (χ0n) is 16.9. The summed E-state index contributed by atoms with van der Waals surface area (Å²) in [5.74, 6) is -0.652. The van der Waals surface area contributed by atoms with Gasteiger partial charge in [0.05, 0.1) is 22.2 Å². The topological polar surface area (TPSA) is 95.6 Å². The summed E-state index contributed by atoms with van der Waals surface area (Å²) in [7, 11) is -3.59. The predicted molar refractivity (Wildman–Crippen MR) is 121 cm³/mol. The Morgan fingerprint density at radius 2 is 1.84 bits per heavy atom. The smallest absolute Gasteiger partial charge is 0.251 e. The van der Waals surface area contributed by atoms with E-state index in [1.54, 1.807) is 12.1 Å². The molecule has 1 heterocycles. The Hall–Kier alpha value is -2.13. The van der Waals surface area contributed by atoms with Crippen molar-refractivity contribution in [3.8, 4) is 0 Å². The van der Waals surface area contributed by atoms with Crippen LogP contribution < -0.4 is 10.6 Å². The highest BCUT2D eigenvalue weighted by Crippen LogP contribution is 2.25. The minimum absolute atomic E-state index is 0.145. The maximum absolute atomic E-state index is 12.8. The standard InChI is InChI=1S/C21H23Cl2N3O4S/c1-14-3-2-10-26(13-14)31(29,30)17-7-4-15(5-8-17)21(28)24-12-20(27)25-19-11-16(22)6-9-18(19)23/h4-9,11,14H,2-3,10,12-13H2,1H3,(H,24,28)(H,25,27)/t14-/m1/s1. The molecule has 0 unspecified atom stereocenters. The van der Waals surface area contributed by atoms with Crippen LogP contribution >= 0.6 is 23.2 Å². The normalized spacial score (nSPS) is 17.2. The summed E-state index contributed by atoms with van der Waals surface area (Å²) >= 11 is 11.9. The molecule has 2 N–H and O–H groups in total. The van der Waals surface area contributed by atoms with Crippen LogP contribution in [-0.4, -0.2) is 44.2 Å². The fourth-order valence-electron chi connectivity index (χ4n) is 3.34. The number of anilines is 1. The lowest BCUT2D eigenvalue weighted by molar-refractivity contribution is -0.115. The van der Waals surface area contributed by atoms with Crippen LogP contribution in [0.25, 0.3) is 0 Å². The minimum Gasteiger partial charge on any atom is -0.343 e. The number of amides is 2. The van der Waals surface area contributed by atoms with E-state index < -0.39 is 21.8 Å². The Morgan fingerprint density at radius 1 is 1.13 bits per heavy atom. The fraction of sp³-hybridized carbons (Fsp3) is 0.333. The molecule has 166 valence electrons. The third kappa shape index (κ3) is 5.98. The summed E-state index contributed by atoms with van der Waals surface area (Å²) in [6.45, 7) is 2.75. The number of nitrogens with one attached hydrogen (secondary N) is 2. The molecule has 1 saturated heterocycles. The van der Waals surface area contributed by atoms with E-state index in [4.69, 9.17) is 23.2 Å². The molecule has 0 aliphatic carbocycles. The molecule has 3 rings (SSSR count). The Labute approximate surface area is 191 Å². The first-order valence-corrected chi connectivity index (χ1v) is 12.0. The average Bonchev–Trinajstić information content (AvgIpc) is 2.74. The van der Waals surface area contributed by atoms with E-state index >= 15 is 0 Å². The van der Waals surface area contributed by atoms with E-state index in [2.05, 4.69) is 10.6 Å². The number of piperidine rings is 1. The van der Waals surface area contributed by atoms with Gasteiger partial charge in [-0.15, -0.1) is 0 Å². The second-order valence-corrected chi connectivity index (χ2v) is 10.3. The summed E-state index contributed by atoms with van der Waals surface area (Å²) in [4.78, 5) is 24.6. The van der Waals surface area contributed by atoms with Crippen LogP contribution in [0.2, 0.25) is 10.0 Å². The van der Waals surface area contributed by atoms with Crippen molar-refractivity contribution >= 4 is 50.7 Å². The van der Waals surface area contributed by atoms with Gasteiger partial charge in [-0.25, -0.2) is 8.42 Å². The van der Waals surface area contributed by atoms with Crippen molar-refractivity contribution in [3.05, 3.63) is 58.1 Å². The van der Waals surface area contributed by atoms with Crippen LogP contribution in [0.4, 0.5) is 5.69 Å². The highest BCUT2D eigenvalue weighted by atomic mass is 35.5. The van der Waals surface area contributed by atoms with Gasteiger partial charge in [0, 0.05) is 23.7 Å². The molecule has 1 aliphatic rings. The average molecular weight is 484 g/mol. The molecule has 1 aliphatic heterocycles. The number of hydrogen-bond acceptors (Lipinski definition) is 4. The second kappa shape index (κ2) is 9.99. The zero-order valence-corrected chi connectivity index (χ0v) is 19.2.